The third-order valence-corrected chi connectivity index (χ3v) is 6.40. The van der Waals surface area contributed by atoms with Crippen LogP contribution in [0.25, 0.3) is 23.8 Å². The monoisotopic (exact) mass is 457 g/mol. The molecule has 4 aromatic carbocycles. The fourth-order valence-corrected chi connectivity index (χ4v) is 4.41. The molecule has 0 radical (unpaired) electrons. The second-order valence-corrected chi connectivity index (χ2v) is 9.06. The molecule has 0 unspecified atom stereocenters. The van der Waals surface area contributed by atoms with Gasteiger partial charge in [0.25, 0.3) is 0 Å². The van der Waals surface area contributed by atoms with Crippen molar-refractivity contribution in [3.05, 3.63) is 136 Å². The van der Waals surface area contributed by atoms with Gasteiger partial charge in [-0.15, -0.1) is 0 Å². The quantitative estimate of drug-likeness (QED) is 0.239. The minimum Gasteiger partial charge on any atom is -0.372 e. The van der Waals surface area contributed by atoms with Crippen LogP contribution in [0.15, 0.2) is 97.1 Å². The second kappa shape index (κ2) is 11.5. The summed E-state index contributed by atoms with van der Waals surface area (Å²) in [6.07, 6.45) is 6.66. The summed E-state index contributed by atoms with van der Waals surface area (Å²) in [5.41, 5.74) is 11.2. The van der Waals surface area contributed by atoms with Crippen LogP contribution in [0.4, 0.5) is 5.69 Å². The van der Waals surface area contributed by atoms with E-state index in [0.29, 0.717) is 0 Å². The Balaban J connectivity index is 1.57. The third-order valence-electron chi connectivity index (χ3n) is 6.40. The van der Waals surface area contributed by atoms with Crippen molar-refractivity contribution in [1.29, 1.82) is 0 Å². The van der Waals surface area contributed by atoms with E-state index in [2.05, 4.69) is 148 Å². The molecular formula is C34H35N. The number of hydrogen-bond acceptors (Lipinski definition) is 1. The SMILES string of the molecule is CCN(CC)c1ccc(C=Cc2ccc(C=C(c3cccc(C)c3)c3cccc(C)c3)cc2)cc1. The molecule has 4 rings (SSSR count). The third kappa shape index (κ3) is 6.39. The summed E-state index contributed by atoms with van der Waals surface area (Å²) in [6.45, 7) is 10.7. The Labute approximate surface area is 211 Å². The van der Waals surface area contributed by atoms with E-state index in [9.17, 15) is 0 Å². The van der Waals surface area contributed by atoms with E-state index in [1.807, 2.05) is 0 Å². The van der Waals surface area contributed by atoms with Crippen molar-refractivity contribution >= 4 is 29.5 Å². The van der Waals surface area contributed by atoms with Crippen LogP contribution in [0.3, 0.4) is 0 Å². The first kappa shape index (κ1) is 24.3. The van der Waals surface area contributed by atoms with E-state index < -0.39 is 0 Å². The van der Waals surface area contributed by atoms with Crippen molar-refractivity contribution in [2.24, 2.45) is 0 Å². The molecule has 1 heteroatoms. The zero-order chi connectivity index (χ0) is 24.6. The van der Waals surface area contributed by atoms with Gasteiger partial charge in [0, 0.05) is 18.8 Å². The van der Waals surface area contributed by atoms with Gasteiger partial charge < -0.3 is 4.90 Å². The summed E-state index contributed by atoms with van der Waals surface area (Å²) >= 11 is 0. The van der Waals surface area contributed by atoms with Gasteiger partial charge in [0.15, 0.2) is 0 Å². The maximum absolute atomic E-state index is 2.36. The standard InChI is InChI=1S/C34H35N/c1-5-35(6-2)33-21-19-29(20-22-33)14-13-28-15-17-30(18-16-28)25-34(31-11-7-9-26(3)23-31)32-12-8-10-27(4)24-32/h7-25H,5-6H2,1-4H3. The Morgan fingerprint density at radius 2 is 1.06 bits per heavy atom. The number of anilines is 1. The Morgan fingerprint density at radius 1 is 0.600 bits per heavy atom. The molecule has 0 aromatic heterocycles. The van der Waals surface area contributed by atoms with Crippen LogP contribution in [0.1, 0.15) is 52.8 Å². The zero-order valence-corrected chi connectivity index (χ0v) is 21.3. The average Bonchev–Trinajstić information content (AvgIpc) is 2.88. The van der Waals surface area contributed by atoms with Crippen LogP contribution in [-0.2, 0) is 0 Å². The van der Waals surface area contributed by atoms with Gasteiger partial charge in [0.05, 0.1) is 0 Å². The number of aryl methyl sites for hydroxylation is 2. The summed E-state index contributed by atoms with van der Waals surface area (Å²) < 4.78 is 0. The Morgan fingerprint density at radius 3 is 1.51 bits per heavy atom. The van der Waals surface area contributed by atoms with Gasteiger partial charge in [-0.2, -0.15) is 0 Å². The van der Waals surface area contributed by atoms with Crippen LogP contribution in [-0.4, -0.2) is 13.1 Å². The van der Waals surface area contributed by atoms with Gasteiger partial charge in [0.2, 0.25) is 0 Å². The lowest BCUT2D eigenvalue weighted by Crippen LogP contribution is -2.21. The first-order valence-corrected chi connectivity index (χ1v) is 12.5. The van der Waals surface area contributed by atoms with Gasteiger partial charge in [-0.25, -0.2) is 0 Å². The number of hydrogen-bond donors (Lipinski definition) is 0. The Bertz CT molecular complexity index is 1260. The predicted octanol–water partition coefficient (Wildman–Crippen LogP) is 8.91. The molecule has 0 N–H and O–H groups in total. The van der Waals surface area contributed by atoms with Crippen LogP contribution < -0.4 is 4.90 Å². The summed E-state index contributed by atoms with van der Waals surface area (Å²) in [5, 5.41) is 0. The Hall–Kier alpha value is -3.84. The van der Waals surface area contributed by atoms with E-state index in [1.54, 1.807) is 0 Å². The Kier molecular flexibility index (Phi) is 8.00. The molecule has 0 amide bonds. The van der Waals surface area contributed by atoms with Crippen molar-refractivity contribution in [3.63, 3.8) is 0 Å². The van der Waals surface area contributed by atoms with Crippen LogP contribution >= 0.6 is 0 Å². The number of nitrogens with zero attached hydrogens (tertiary/aromatic N) is 1. The smallest absolute Gasteiger partial charge is 0.0366 e. The first-order valence-electron chi connectivity index (χ1n) is 12.5. The zero-order valence-electron chi connectivity index (χ0n) is 21.3. The van der Waals surface area contributed by atoms with E-state index >= 15 is 0 Å². The maximum Gasteiger partial charge on any atom is 0.0366 e. The molecule has 0 aliphatic heterocycles. The molecule has 0 heterocycles. The number of benzene rings is 4. The molecular weight excluding hydrogens is 422 g/mol. The highest BCUT2D eigenvalue weighted by Crippen LogP contribution is 2.28. The molecule has 0 spiro atoms. The largest absolute Gasteiger partial charge is 0.372 e. The van der Waals surface area contributed by atoms with Gasteiger partial charge in [0.1, 0.15) is 0 Å². The van der Waals surface area contributed by atoms with Crippen molar-refractivity contribution in [1.82, 2.24) is 0 Å². The lowest BCUT2D eigenvalue weighted by Gasteiger charge is -2.20. The molecule has 0 saturated heterocycles. The molecule has 0 atom stereocenters. The minimum absolute atomic E-state index is 1.03. The fraction of sp³-hybridized carbons (Fsp3) is 0.176. The van der Waals surface area contributed by atoms with Gasteiger partial charge in [-0.3, -0.25) is 0 Å². The molecule has 0 aliphatic rings. The van der Waals surface area contributed by atoms with Crippen LogP contribution in [0, 0.1) is 13.8 Å². The molecule has 0 bridgehead atoms. The van der Waals surface area contributed by atoms with E-state index in [0.717, 1.165) is 13.1 Å². The molecule has 35 heavy (non-hydrogen) atoms. The minimum atomic E-state index is 1.03. The van der Waals surface area contributed by atoms with E-state index in [-0.39, 0.29) is 0 Å². The van der Waals surface area contributed by atoms with Crippen molar-refractivity contribution < 1.29 is 0 Å². The maximum atomic E-state index is 2.36. The average molecular weight is 458 g/mol. The summed E-state index contributed by atoms with van der Waals surface area (Å²) in [5.74, 6) is 0. The second-order valence-electron chi connectivity index (χ2n) is 9.06. The highest BCUT2D eigenvalue weighted by molar-refractivity contribution is 5.91. The highest BCUT2D eigenvalue weighted by Gasteiger charge is 2.07. The van der Waals surface area contributed by atoms with E-state index in [1.165, 1.54) is 50.2 Å². The van der Waals surface area contributed by atoms with Gasteiger partial charge in [-0.1, -0.05) is 108 Å². The topological polar surface area (TPSA) is 3.24 Å². The fourth-order valence-electron chi connectivity index (χ4n) is 4.41. The van der Waals surface area contributed by atoms with Crippen molar-refractivity contribution in [2.75, 3.05) is 18.0 Å². The van der Waals surface area contributed by atoms with E-state index in [4.69, 9.17) is 0 Å². The predicted molar refractivity (Wildman–Crippen MR) is 155 cm³/mol. The molecule has 4 aromatic rings. The number of rotatable bonds is 8. The van der Waals surface area contributed by atoms with Crippen LogP contribution in [0.2, 0.25) is 0 Å². The van der Waals surface area contributed by atoms with Crippen molar-refractivity contribution in [2.45, 2.75) is 27.7 Å². The molecule has 0 fully saturated rings. The van der Waals surface area contributed by atoms with Gasteiger partial charge in [-0.05, 0) is 79.3 Å². The summed E-state index contributed by atoms with van der Waals surface area (Å²) in [4.78, 5) is 2.36. The van der Waals surface area contributed by atoms with Crippen molar-refractivity contribution in [3.8, 4) is 0 Å². The van der Waals surface area contributed by atoms with Crippen LogP contribution in [0.5, 0.6) is 0 Å². The molecule has 1 nitrogen and oxygen atoms in total. The highest BCUT2D eigenvalue weighted by atomic mass is 15.1. The summed E-state index contributed by atoms with van der Waals surface area (Å²) in [6, 6.07) is 35.1. The first-order chi connectivity index (χ1) is 17.1. The van der Waals surface area contributed by atoms with Gasteiger partial charge >= 0.3 is 0 Å². The lowest BCUT2D eigenvalue weighted by atomic mass is 9.93. The molecule has 0 saturated carbocycles. The lowest BCUT2D eigenvalue weighted by molar-refractivity contribution is 0.866. The molecule has 176 valence electrons. The summed E-state index contributed by atoms with van der Waals surface area (Å²) in [7, 11) is 0. The molecule has 0 aliphatic carbocycles. The normalized spacial score (nSPS) is 11.0.